The van der Waals surface area contributed by atoms with Crippen LogP contribution >= 0.6 is 11.6 Å². The molecule has 0 radical (unpaired) electrons. The first kappa shape index (κ1) is 18.9. The molecule has 26 heavy (non-hydrogen) atoms. The number of rotatable bonds is 3. The Bertz CT molecular complexity index is 984. The van der Waals surface area contributed by atoms with Crippen molar-refractivity contribution in [1.29, 1.82) is 0 Å². The minimum atomic E-state index is -4.10. The maximum Gasteiger partial charge on any atom is 0.188 e. The van der Waals surface area contributed by atoms with Gasteiger partial charge in [0.25, 0.3) is 0 Å². The molecule has 3 rings (SSSR count). The van der Waals surface area contributed by atoms with E-state index in [9.17, 15) is 22.3 Å². The highest BCUT2D eigenvalue weighted by Gasteiger charge is 2.49. The number of aliphatic hydroxyl groups is 1. The first-order valence-corrected chi connectivity index (χ1v) is 9.87. The normalized spacial score (nSPS) is 21.1. The Hall–Kier alpha value is -1.92. The second kappa shape index (κ2) is 6.67. The van der Waals surface area contributed by atoms with Crippen molar-refractivity contribution in [3.8, 4) is 0 Å². The molecule has 0 aliphatic heterocycles. The first-order valence-electron chi connectivity index (χ1n) is 8.01. The number of hydrogen-bond donors (Lipinski definition) is 1. The SMILES string of the molecule is CC1=C(O)CCC(c2cc(F)ccc2F)(S(=O)(=O)c2ccc(Cl)cc2)C1. The van der Waals surface area contributed by atoms with E-state index in [1.54, 1.807) is 6.92 Å². The van der Waals surface area contributed by atoms with E-state index in [-0.39, 0.29) is 35.5 Å². The molecule has 1 N–H and O–H groups in total. The van der Waals surface area contributed by atoms with E-state index in [0.29, 0.717) is 10.6 Å². The molecule has 138 valence electrons. The molecule has 1 atom stereocenters. The standard InChI is InChI=1S/C19H17ClF2O3S/c1-12-11-19(9-8-18(12)23,16-10-14(21)4-7-17(16)22)26(24,25)15-5-2-13(20)3-6-15/h2-7,10,23H,8-9,11H2,1H3. The molecule has 0 fully saturated rings. The molecule has 0 amide bonds. The van der Waals surface area contributed by atoms with Crippen molar-refractivity contribution in [2.75, 3.05) is 0 Å². The Balaban J connectivity index is 2.29. The van der Waals surface area contributed by atoms with Crippen molar-refractivity contribution in [2.45, 2.75) is 35.8 Å². The summed E-state index contributed by atoms with van der Waals surface area (Å²) < 4.78 is 53.7. The van der Waals surface area contributed by atoms with Crippen molar-refractivity contribution >= 4 is 21.4 Å². The highest BCUT2D eigenvalue weighted by molar-refractivity contribution is 7.92. The number of allylic oxidation sites excluding steroid dienone is 2. The lowest BCUT2D eigenvalue weighted by Gasteiger charge is -2.37. The highest BCUT2D eigenvalue weighted by Crippen LogP contribution is 2.49. The van der Waals surface area contributed by atoms with Crippen LogP contribution in [0.25, 0.3) is 0 Å². The molecule has 1 aliphatic rings. The van der Waals surface area contributed by atoms with Crippen LogP contribution in [0, 0.1) is 11.6 Å². The Morgan fingerprint density at radius 3 is 2.38 bits per heavy atom. The van der Waals surface area contributed by atoms with Crippen molar-refractivity contribution < 1.29 is 22.3 Å². The van der Waals surface area contributed by atoms with E-state index in [1.807, 2.05) is 0 Å². The number of sulfone groups is 1. The Morgan fingerprint density at radius 2 is 1.77 bits per heavy atom. The van der Waals surface area contributed by atoms with Crippen LogP contribution < -0.4 is 0 Å². The summed E-state index contributed by atoms with van der Waals surface area (Å²) in [6.07, 6.45) is -0.111. The van der Waals surface area contributed by atoms with Gasteiger partial charge in [-0.15, -0.1) is 0 Å². The molecule has 2 aromatic carbocycles. The van der Waals surface area contributed by atoms with Gasteiger partial charge in [0.2, 0.25) is 0 Å². The van der Waals surface area contributed by atoms with Gasteiger partial charge in [-0.3, -0.25) is 0 Å². The molecular weight excluding hydrogens is 382 g/mol. The van der Waals surface area contributed by atoms with Gasteiger partial charge in [0.05, 0.1) is 10.7 Å². The van der Waals surface area contributed by atoms with Crippen LogP contribution in [0.3, 0.4) is 0 Å². The van der Waals surface area contributed by atoms with Gasteiger partial charge < -0.3 is 5.11 Å². The zero-order valence-corrected chi connectivity index (χ0v) is 15.5. The third kappa shape index (κ3) is 3.01. The zero-order valence-electron chi connectivity index (χ0n) is 14.0. The van der Waals surface area contributed by atoms with Crippen molar-refractivity contribution in [3.63, 3.8) is 0 Å². The van der Waals surface area contributed by atoms with Crippen molar-refractivity contribution in [2.24, 2.45) is 0 Å². The minimum absolute atomic E-state index is 0.0280. The fraction of sp³-hybridized carbons (Fsp3) is 0.263. The van der Waals surface area contributed by atoms with Crippen molar-refractivity contribution in [1.82, 2.24) is 0 Å². The molecule has 1 aliphatic carbocycles. The molecule has 0 saturated heterocycles. The lowest BCUT2D eigenvalue weighted by Crippen LogP contribution is -2.39. The van der Waals surface area contributed by atoms with Gasteiger partial charge in [0, 0.05) is 17.0 Å². The zero-order chi connectivity index (χ0) is 19.1. The van der Waals surface area contributed by atoms with Crippen LogP contribution in [0.1, 0.15) is 31.7 Å². The van der Waals surface area contributed by atoms with E-state index >= 15 is 0 Å². The number of benzene rings is 2. The fourth-order valence-electron chi connectivity index (χ4n) is 3.44. The average molecular weight is 399 g/mol. The number of hydrogen-bond acceptors (Lipinski definition) is 3. The third-order valence-electron chi connectivity index (χ3n) is 4.87. The van der Waals surface area contributed by atoms with E-state index < -0.39 is 26.2 Å². The lowest BCUT2D eigenvalue weighted by atomic mass is 9.82. The smallest absolute Gasteiger partial charge is 0.188 e. The summed E-state index contributed by atoms with van der Waals surface area (Å²) in [5, 5.41) is 10.3. The van der Waals surface area contributed by atoms with Crippen molar-refractivity contribution in [3.05, 3.63) is 76.0 Å². The highest BCUT2D eigenvalue weighted by atomic mass is 35.5. The second-order valence-electron chi connectivity index (χ2n) is 6.48. The number of halogens is 3. The monoisotopic (exact) mass is 398 g/mol. The topological polar surface area (TPSA) is 54.4 Å². The van der Waals surface area contributed by atoms with Gasteiger partial charge in [-0.2, -0.15) is 0 Å². The van der Waals surface area contributed by atoms with Gasteiger partial charge in [0.15, 0.2) is 9.84 Å². The Kier molecular flexibility index (Phi) is 4.84. The molecule has 0 bridgehead atoms. The third-order valence-corrected chi connectivity index (χ3v) is 7.61. The summed E-state index contributed by atoms with van der Waals surface area (Å²) in [4.78, 5) is -0.0280. The summed E-state index contributed by atoms with van der Waals surface area (Å²) in [5.41, 5.74) is 0.219. The molecular formula is C19H17ClF2O3S. The molecule has 3 nitrogen and oxygen atoms in total. The van der Waals surface area contributed by atoms with E-state index in [2.05, 4.69) is 0 Å². The van der Waals surface area contributed by atoms with Crippen LogP contribution in [-0.4, -0.2) is 13.5 Å². The summed E-state index contributed by atoms with van der Waals surface area (Å²) in [7, 11) is -4.10. The van der Waals surface area contributed by atoms with E-state index in [4.69, 9.17) is 11.6 Å². The summed E-state index contributed by atoms with van der Waals surface area (Å²) in [6, 6.07) is 8.38. The maximum atomic E-state index is 14.6. The van der Waals surface area contributed by atoms with Crippen LogP contribution in [0.5, 0.6) is 0 Å². The molecule has 0 spiro atoms. The Morgan fingerprint density at radius 1 is 1.12 bits per heavy atom. The largest absolute Gasteiger partial charge is 0.512 e. The van der Waals surface area contributed by atoms with Gasteiger partial charge >= 0.3 is 0 Å². The van der Waals surface area contributed by atoms with Crippen LogP contribution in [0.2, 0.25) is 5.02 Å². The Labute approximate surface area is 155 Å². The molecule has 0 saturated carbocycles. The van der Waals surface area contributed by atoms with Crippen LogP contribution in [0.4, 0.5) is 8.78 Å². The van der Waals surface area contributed by atoms with Gasteiger partial charge in [0.1, 0.15) is 16.4 Å². The fourth-order valence-corrected chi connectivity index (χ4v) is 5.74. The van der Waals surface area contributed by atoms with E-state index in [1.165, 1.54) is 24.3 Å². The molecule has 0 aromatic heterocycles. The molecule has 1 unspecified atom stereocenters. The first-order chi connectivity index (χ1) is 12.2. The predicted octanol–water partition coefficient (Wildman–Crippen LogP) is 5.30. The molecule has 7 heteroatoms. The summed E-state index contributed by atoms with van der Waals surface area (Å²) in [6.45, 7) is 1.60. The lowest BCUT2D eigenvalue weighted by molar-refractivity contribution is 0.329. The summed E-state index contributed by atoms with van der Waals surface area (Å²) in [5.74, 6) is -1.43. The van der Waals surface area contributed by atoms with Gasteiger partial charge in [-0.05, 0) is 67.8 Å². The van der Waals surface area contributed by atoms with E-state index in [0.717, 1.165) is 18.2 Å². The van der Waals surface area contributed by atoms with Crippen LogP contribution in [0.15, 0.2) is 58.7 Å². The number of aliphatic hydroxyl groups excluding tert-OH is 1. The second-order valence-corrected chi connectivity index (χ2v) is 9.18. The summed E-state index contributed by atoms with van der Waals surface area (Å²) >= 11 is 5.84. The van der Waals surface area contributed by atoms with Gasteiger partial charge in [-0.25, -0.2) is 17.2 Å². The predicted molar refractivity (Wildman–Crippen MR) is 95.9 cm³/mol. The maximum absolute atomic E-state index is 14.6. The van der Waals surface area contributed by atoms with Crippen LogP contribution in [-0.2, 0) is 14.6 Å². The molecule has 2 aromatic rings. The quantitative estimate of drug-likeness (QED) is 0.762. The average Bonchev–Trinajstić information content (AvgIpc) is 2.60. The van der Waals surface area contributed by atoms with Gasteiger partial charge in [-0.1, -0.05) is 11.6 Å². The molecule has 0 heterocycles. The minimum Gasteiger partial charge on any atom is -0.512 e.